The average Bonchev–Trinajstić information content (AvgIpc) is 2.60. The molecular formula is C11H15NO4. The van der Waals surface area contributed by atoms with E-state index < -0.39 is 11.9 Å². The van der Waals surface area contributed by atoms with Crippen LogP contribution in [0.25, 0.3) is 0 Å². The maximum atomic E-state index is 11.5. The van der Waals surface area contributed by atoms with Crippen LogP contribution in [0.2, 0.25) is 0 Å². The molecule has 0 spiro atoms. The molecule has 5 heteroatoms. The minimum atomic E-state index is -0.788. The van der Waals surface area contributed by atoms with Crippen LogP contribution in [0.15, 0.2) is 10.6 Å². The minimum Gasteiger partial charge on any atom is -0.465 e. The molecule has 1 unspecified atom stereocenters. The number of ketones is 1. The van der Waals surface area contributed by atoms with Crippen molar-refractivity contribution in [3.05, 3.63) is 17.5 Å². The van der Waals surface area contributed by atoms with Gasteiger partial charge in [-0.2, -0.15) is 0 Å². The van der Waals surface area contributed by atoms with Gasteiger partial charge in [-0.3, -0.25) is 9.59 Å². The van der Waals surface area contributed by atoms with Gasteiger partial charge >= 0.3 is 5.97 Å². The molecule has 0 N–H and O–H groups in total. The zero-order chi connectivity index (χ0) is 12.1. The molecule has 0 fully saturated rings. The molecule has 0 bridgehead atoms. The van der Waals surface area contributed by atoms with Gasteiger partial charge in [-0.05, 0) is 20.8 Å². The largest absolute Gasteiger partial charge is 0.465 e. The first-order valence-corrected chi connectivity index (χ1v) is 5.13. The SMILES string of the molecule is CCOC(=O)C(Cc1cc(C)on1)C(C)=O. The fraction of sp³-hybridized carbons (Fsp3) is 0.545. The van der Waals surface area contributed by atoms with Gasteiger partial charge < -0.3 is 9.26 Å². The summed E-state index contributed by atoms with van der Waals surface area (Å²) in [5, 5.41) is 3.75. The van der Waals surface area contributed by atoms with Crippen LogP contribution in [0.4, 0.5) is 0 Å². The Bertz CT molecular complexity index is 383. The van der Waals surface area contributed by atoms with Crippen molar-refractivity contribution in [3.8, 4) is 0 Å². The van der Waals surface area contributed by atoms with E-state index in [2.05, 4.69) is 5.16 Å². The molecule has 0 aliphatic heterocycles. The lowest BCUT2D eigenvalue weighted by molar-refractivity contribution is -0.151. The van der Waals surface area contributed by atoms with E-state index in [1.54, 1.807) is 19.9 Å². The summed E-state index contributed by atoms with van der Waals surface area (Å²) in [5.74, 6) is -0.861. The Morgan fingerprint density at radius 3 is 2.69 bits per heavy atom. The maximum Gasteiger partial charge on any atom is 0.316 e. The summed E-state index contributed by atoms with van der Waals surface area (Å²) in [4.78, 5) is 22.8. The summed E-state index contributed by atoms with van der Waals surface area (Å²) in [7, 11) is 0. The molecule has 88 valence electrons. The van der Waals surface area contributed by atoms with Gasteiger partial charge in [-0.15, -0.1) is 0 Å². The lowest BCUT2D eigenvalue weighted by Gasteiger charge is -2.10. The zero-order valence-electron chi connectivity index (χ0n) is 9.65. The van der Waals surface area contributed by atoms with Crippen LogP contribution in [0.3, 0.4) is 0 Å². The molecule has 1 atom stereocenters. The Labute approximate surface area is 93.8 Å². The molecule has 0 saturated heterocycles. The van der Waals surface area contributed by atoms with Gasteiger partial charge in [0.05, 0.1) is 12.3 Å². The Morgan fingerprint density at radius 2 is 2.25 bits per heavy atom. The Hall–Kier alpha value is -1.65. The van der Waals surface area contributed by atoms with Crippen LogP contribution in [0.5, 0.6) is 0 Å². The maximum absolute atomic E-state index is 11.5. The number of rotatable bonds is 5. The van der Waals surface area contributed by atoms with Crippen molar-refractivity contribution >= 4 is 11.8 Å². The second-order valence-electron chi connectivity index (χ2n) is 3.55. The van der Waals surface area contributed by atoms with Crippen molar-refractivity contribution in [2.75, 3.05) is 6.61 Å². The van der Waals surface area contributed by atoms with Gasteiger partial charge in [0.15, 0.2) is 0 Å². The van der Waals surface area contributed by atoms with E-state index in [9.17, 15) is 9.59 Å². The Balaban J connectivity index is 2.72. The highest BCUT2D eigenvalue weighted by Gasteiger charge is 2.26. The quantitative estimate of drug-likeness (QED) is 0.558. The number of hydrogen-bond acceptors (Lipinski definition) is 5. The van der Waals surface area contributed by atoms with Gasteiger partial charge in [0.1, 0.15) is 17.5 Å². The molecule has 0 amide bonds. The van der Waals surface area contributed by atoms with Crippen LogP contribution >= 0.6 is 0 Å². The molecule has 0 aliphatic rings. The van der Waals surface area contributed by atoms with E-state index in [1.165, 1.54) is 6.92 Å². The molecule has 0 aromatic carbocycles. The van der Waals surface area contributed by atoms with Gasteiger partial charge in [0.25, 0.3) is 0 Å². The monoisotopic (exact) mass is 225 g/mol. The topological polar surface area (TPSA) is 69.4 Å². The molecular weight excluding hydrogens is 210 g/mol. The third-order valence-electron chi connectivity index (χ3n) is 2.15. The van der Waals surface area contributed by atoms with Crippen LogP contribution in [0, 0.1) is 12.8 Å². The second kappa shape index (κ2) is 5.44. The van der Waals surface area contributed by atoms with Crippen molar-refractivity contribution in [3.63, 3.8) is 0 Å². The van der Waals surface area contributed by atoms with Gasteiger partial charge in [-0.1, -0.05) is 5.16 Å². The molecule has 1 aromatic heterocycles. The number of ether oxygens (including phenoxy) is 1. The van der Waals surface area contributed by atoms with E-state index >= 15 is 0 Å². The van der Waals surface area contributed by atoms with Crippen molar-refractivity contribution in [2.45, 2.75) is 27.2 Å². The Morgan fingerprint density at radius 1 is 1.56 bits per heavy atom. The normalized spacial score (nSPS) is 12.2. The number of nitrogens with zero attached hydrogens (tertiary/aromatic N) is 1. The van der Waals surface area contributed by atoms with Gasteiger partial charge in [-0.25, -0.2) is 0 Å². The van der Waals surface area contributed by atoms with E-state index in [4.69, 9.17) is 9.26 Å². The van der Waals surface area contributed by atoms with Gasteiger partial charge in [0, 0.05) is 12.5 Å². The molecule has 1 heterocycles. The summed E-state index contributed by atoms with van der Waals surface area (Å²) in [6, 6.07) is 1.70. The highest BCUT2D eigenvalue weighted by atomic mass is 16.5. The predicted molar refractivity (Wildman–Crippen MR) is 55.7 cm³/mol. The molecule has 16 heavy (non-hydrogen) atoms. The van der Waals surface area contributed by atoms with Crippen LogP contribution in [0.1, 0.15) is 25.3 Å². The number of carbonyl (C=O) groups is 2. The zero-order valence-corrected chi connectivity index (χ0v) is 9.65. The van der Waals surface area contributed by atoms with Gasteiger partial charge in [0.2, 0.25) is 0 Å². The van der Waals surface area contributed by atoms with Crippen molar-refractivity contribution < 1.29 is 18.8 Å². The third kappa shape index (κ3) is 3.18. The van der Waals surface area contributed by atoms with Crippen molar-refractivity contribution in [2.24, 2.45) is 5.92 Å². The standard InChI is InChI=1S/C11H15NO4/c1-4-15-11(14)10(8(3)13)6-9-5-7(2)16-12-9/h5,10H,4,6H2,1-3H3. The second-order valence-corrected chi connectivity index (χ2v) is 3.55. The van der Waals surface area contributed by atoms with E-state index in [0.29, 0.717) is 11.5 Å². The van der Waals surface area contributed by atoms with E-state index in [0.717, 1.165) is 0 Å². The van der Waals surface area contributed by atoms with E-state index in [1.807, 2.05) is 0 Å². The number of carbonyl (C=O) groups excluding carboxylic acids is 2. The van der Waals surface area contributed by atoms with Crippen LogP contribution in [-0.2, 0) is 20.7 Å². The molecule has 0 radical (unpaired) electrons. The summed E-state index contributed by atoms with van der Waals surface area (Å²) < 4.78 is 9.70. The predicted octanol–water partition coefficient (Wildman–Crippen LogP) is 1.29. The lowest BCUT2D eigenvalue weighted by Crippen LogP contribution is -2.26. The van der Waals surface area contributed by atoms with Crippen LogP contribution in [-0.4, -0.2) is 23.5 Å². The first kappa shape index (κ1) is 12.4. The van der Waals surface area contributed by atoms with Crippen molar-refractivity contribution in [1.29, 1.82) is 0 Å². The summed E-state index contributed by atoms with van der Waals surface area (Å²) >= 11 is 0. The number of aromatic nitrogens is 1. The Kier molecular flexibility index (Phi) is 4.22. The smallest absolute Gasteiger partial charge is 0.316 e. The summed E-state index contributed by atoms with van der Waals surface area (Å²) in [6.07, 6.45) is 0.228. The fourth-order valence-corrected chi connectivity index (χ4v) is 1.36. The number of hydrogen-bond donors (Lipinski definition) is 0. The highest BCUT2D eigenvalue weighted by Crippen LogP contribution is 2.12. The molecule has 1 rings (SSSR count). The number of Topliss-reactive ketones (excluding diaryl/α,β-unsaturated/α-hetero) is 1. The first-order valence-electron chi connectivity index (χ1n) is 5.13. The lowest BCUT2D eigenvalue weighted by atomic mass is 9.99. The fourth-order valence-electron chi connectivity index (χ4n) is 1.36. The van der Waals surface area contributed by atoms with Crippen LogP contribution < -0.4 is 0 Å². The molecule has 1 aromatic rings. The molecule has 0 saturated carbocycles. The summed E-state index contributed by atoms with van der Waals surface area (Å²) in [5.41, 5.74) is 0.589. The average molecular weight is 225 g/mol. The third-order valence-corrected chi connectivity index (χ3v) is 2.15. The van der Waals surface area contributed by atoms with E-state index in [-0.39, 0.29) is 18.8 Å². The molecule has 5 nitrogen and oxygen atoms in total. The summed E-state index contributed by atoms with van der Waals surface area (Å²) in [6.45, 7) is 5.09. The molecule has 0 aliphatic carbocycles. The minimum absolute atomic E-state index is 0.223. The van der Waals surface area contributed by atoms with Crippen molar-refractivity contribution in [1.82, 2.24) is 5.16 Å². The number of aryl methyl sites for hydroxylation is 1. The highest BCUT2D eigenvalue weighted by molar-refractivity contribution is 5.97. The number of esters is 1. The first-order chi connectivity index (χ1) is 7.54.